The molecule has 1 atom stereocenters. The fourth-order valence-corrected chi connectivity index (χ4v) is 3.89. The van der Waals surface area contributed by atoms with Gasteiger partial charge in [0, 0.05) is 19.6 Å². The molecule has 0 saturated carbocycles. The molecule has 1 aliphatic rings. The number of hydrogen-bond donors (Lipinski definition) is 1. The van der Waals surface area contributed by atoms with Gasteiger partial charge in [0.05, 0.1) is 30.3 Å². The Balaban J connectivity index is 1.52. The van der Waals surface area contributed by atoms with Crippen LogP contribution >= 0.6 is 0 Å². The summed E-state index contributed by atoms with van der Waals surface area (Å²) >= 11 is 0. The molecular formula is C22H22F4N4O2. The third kappa shape index (κ3) is 4.91. The molecule has 1 saturated heterocycles. The number of rotatable bonds is 6. The van der Waals surface area contributed by atoms with Crippen LogP contribution in [0.3, 0.4) is 0 Å². The zero-order valence-corrected chi connectivity index (χ0v) is 17.1. The van der Waals surface area contributed by atoms with Crippen LogP contribution in [-0.4, -0.2) is 53.2 Å². The molecule has 2 aromatic carbocycles. The number of ether oxygens (including phenoxy) is 1. The Morgan fingerprint density at radius 1 is 1.09 bits per heavy atom. The van der Waals surface area contributed by atoms with E-state index in [4.69, 9.17) is 4.74 Å². The average Bonchev–Trinajstić information content (AvgIpc) is 3.15. The SMILES string of the molecule is O=C(Cn1c(C(F)(F)F)nc2ccccc21)NCC(c1ccc(F)cc1)N1CCOCC1. The maximum absolute atomic E-state index is 13.5. The van der Waals surface area contributed by atoms with Gasteiger partial charge >= 0.3 is 6.18 Å². The number of carbonyl (C=O) groups excluding carboxylic acids is 1. The highest BCUT2D eigenvalue weighted by Crippen LogP contribution is 2.31. The molecule has 6 nitrogen and oxygen atoms in total. The first-order valence-electron chi connectivity index (χ1n) is 10.2. The van der Waals surface area contributed by atoms with Crippen LogP contribution in [0.1, 0.15) is 17.4 Å². The topological polar surface area (TPSA) is 59.4 Å². The summed E-state index contributed by atoms with van der Waals surface area (Å²) in [6.07, 6.45) is -4.69. The molecule has 1 unspecified atom stereocenters. The fourth-order valence-electron chi connectivity index (χ4n) is 3.89. The molecular weight excluding hydrogens is 428 g/mol. The lowest BCUT2D eigenvalue weighted by atomic mass is 10.0. The summed E-state index contributed by atoms with van der Waals surface area (Å²) < 4.78 is 60.1. The first-order valence-corrected chi connectivity index (χ1v) is 10.2. The van der Waals surface area contributed by atoms with E-state index in [1.54, 1.807) is 24.3 Å². The lowest BCUT2D eigenvalue weighted by molar-refractivity contribution is -0.147. The van der Waals surface area contributed by atoms with Crippen molar-refractivity contribution in [2.45, 2.75) is 18.8 Å². The Morgan fingerprint density at radius 2 is 1.78 bits per heavy atom. The Bertz CT molecular complexity index is 1080. The second kappa shape index (κ2) is 9.25. The van der Waals surface area contributed by atoms with E-state index >= 15 is 0 Å². The van der Waals surface area contributed by atoms with E-state index in [1.165, 1.54) is 24.3 Å². The molecule has 0 bridgehead atoms. The molecule has 1 aromatic heterocycles. The zero-order valence-electron chi connectivity index (χ0n) is 17.1. The summed E-state index contributed by atoms with van der Waals surface area (Å²) in [5.41, 5.74) is 1.21. The van der Waals surface area contributed by atoms with Crippen LogP contribution in [-0.2, 0) is 22.3 Å². The van der Waals surface area contributed by atoms with Gasteiger partial charge in [-0.05, 0) is 29.8 Å². The number of fused-ring (bicyclic) bond motifs is 1. The number of halogens is 4. The molecule has 1 amide bonds. The quantitative estimate of drug-likeness (QED) is 0.585. The number of hydrogen-bond acceptors (Lipinski definition) is 4. The van der Waals surface area contributed by atoms with Gasteiger partial charge in [-0.1, -0.05) is 24.3 Å². The lowest BCUT2D eigenvalue weighted by Gasteiger charge is -2.35. The molecule has 1 N–H and O–H groups in total. The number of aromatic nitrogens is 2. The Labute approximate surface area is 181 Å². The number of nitrogens with zero attached hydrogens (tertiary/aromatic N) is 3. The van der Waals surface area contributed by atoms with Gasteiger partial charge in [0.15, 0.2) is 0 Å². The number of nitrogens with one attached hydrogen (secondary N) is 1. The average molecular weight is 450 g/mol. The van der Waals surface area contributed by atoms with Gasteiger partial charge in [-0.2, -0.15) is 13.2 Å². The smallest absolute Gasteiger partial charge is 0.379 e. The van der Waals surface area contributed by atoms with Crippen molar-refractivity contribution in [3.05, 3.63) is 65.7 Å². The molecule has 1 fully saturated rings. The van der Waals surface area contributed by atoms with Crippen molar-refractivity contribution >= 4 is 16.9 Å². The highest BCUT2D eigenvalue weighted by atomic mass is 19.4. The molecule has 1 aliphatic heterocycles. The minimum atomic E-state index is -4.69. The number of alkyl halides is 3. The van der Waals surface area contributed by atoms with Gasteiger partial charge in [0.1, 0.15) is 12.4 Å². The number of para-hydroxylation sites is 2. The van der Waals surface area contributed by atoms with Crippen LogP contribution in [0, 0.1) is 5.82 Å². The molecule has 3 aromatic rings. The molecule has 170 valence electrons. The van der Waals surface area contributed by atoms with Crippen molar-refractivity contribution < 1.29 is 27.1 Å². The molecule has 0 aliphatic carbocycles. The Morgan fingerprint density at radius 3 is 2.47 bits per heavy atom. The lowest BCUT2D eigenvalue weighted by Crippen LogP contribution is -2.44. The number of benzene rings is 2. The summed E-state index contributed by atoms with van der Waals surface area (Å²) in [7, 11) is 0. The van der Waals surface area contributed by atoms with E-state index in [0.29, 0.717) is 26.3 Å². The largest absolute Gasteiger partial charge is 0.449 e. The Hall–Kier alpha value is -2.98. The Kier molecular flexibility index (Phi) is 6.43. The van der Waals surface area contributed by atoms with E-state index < -0.39 is 24.5 Å². The highest BCUT2D eigenvalue weighted by Gasteiger charge is 2.38. The predicted molar refractivity (Wildman–Crippen MR) is 109 cm³/mol. The van der Waals surface area contributed by atoms with E-state index in [0.717, 1.165) is 10.1 Å². The van der Waals surface area contributed by atoms with E-state index in [2.05, 4.69) is 15.2 Å². The summed E-state index contributed by atoms with van der Waals surface area (Å²) in [6.45, 7) is 1.96. The van der Waals surface area contributed by atoms with Crippen LogP contribution in [0.5, 0.6) is 0 Å². The van der Waals surface area contributed by atoms with Crippen molar-refractivity contribution in [3.63, 3.8) is 0 Å². The molecule has 10 heteroatoms. The van der Waals surface area contributed by atoms with Crippen LogP contribution in [0.4, 0.5) is 17.6 Å². The van der Waals surface area contributed by atoms with Gasteiger partial charge in [0.25, 0.3) is 0 Å². The second-order valence-corrected chi connectivity index (χ2v) is 7.53. The van der Waals surface area contributed by atoms with Crippen molar-refractivity contribution in [3.8, 4) is 0 Å². The number of imidazole rings is 1. The van der Waals surface area contributed by atoms with Gasteiger partial charge in [0.2, 0.25) is 11.7 Å². The first-order chi connectivity index (χ1) is 15.3. The van der Waals surface area contributed by atoms with Crippen LogP contribution in [0.2, 0.25) is 0 Å². The third-order valence-electron chi connectivity index (χ3n) is 5.44. The molecule has 4 rings (SSSR count). The summed E-state index contributed by atoms with van der Waals surface area (Å²) in [4.78, 5) is 18.4. The van der Waals surface area contributed by atoms with E-state index in [9.17, 15) is 22.4 Å². The van der Waals surface area contributed by atoms with Crippen molar-refractivity contribution in [1.29, 1.82) is 0 Å². The van der Waals surface area contributed by atoms with Crippen LogP contribution in [0.25, 0.3) is 11.0 Å². The predicted octanol–water partition coefficient (Wildman–Crippen LogP) is 3.38. The molecule has 0 radical (unpaired) electrons. The fraction of sp³-hybridized carbons (Fsp3) is 0.364. The minimum Gasteiger partial charge on any atom is -0.379 e. The van der Waals surface area contributed by atoms with Crippen molar-refractivity contribution in [2.75, 3.05) is 32.8 Å². The number of amides is 1. The van der Waals surface area contributed by atoms with E-state index in [-0.39, 0.29) is 29.4 Å². The first kappa shape index (κ1) is 22.2. The van der Waals surface area contributed by atoms with Crippen molar-refractivity contribution in [1.82, 2.24) is 19.8 Å². The van der Waals surface area contributed by atoms with E-state index in [1.807, 2.05) is 0 Å². The summed E-state index contributed by atoms with van der Waals surface area (Å²) in [6, 6.07) is 11.9. The highest BCUT2D eigenvalue weighted by molar-refractivity contribution is 5.81. The van der Waals surface area contributed by atoms with Gasteiger partial charge < -0.3 is 14.6 Å². The second-order valence-electron chi connectivity index (χ2n) is 7.53. The van der Waals surface area contributed by atoms with Gasteiger partial charge in [-0.3, -0.25) is 9.69 Å². The summed E-state index contributed by atoms with van der Waals surface area (Å²) in [5.74, 6) is -2.05. The van der Waals surface area contributed by atoms with Crippen LogP contribution < -0.4 is 5.32 Å². The standard InChI is InChI=1S/C22H22F4N4O2/c23-16-7-5-15(6-8-16)19(29-9-11-32-12-10-29)13-27-20(31)14-30-18-4-2-1-3-17(18)28-21(30)22(24,25)26/h1-8,19H,9-14H2,(H,27,31). The summed E-state index contributed by atoms with van der Waals surface area (Å²) in [5, 5.41) is 2.74. The number of morpholine rings is 1. The third-order valence-corrected chi connectivity index (χ3v) is 5.44. The number of carbonyl (C=O) groups is 1. The maximum atomic E-state index is 13.5. The van der Waals surface area contributed by atoms with Gasteiger partial charge in [-0.25, -0.2) is 9.37 Å². The molecule has 2 heterocycles. The molecule has 0 spiro atoms. The zero-order chi connectivity index (χ0) is 22.7. The van der Waals surface area contributed by atoms with Crippen LogP contribution in [0.15, 0.2) is 48.5 Å². The normalized spacial score (nSPS) is 16.2. The molecule has 32 heavy (non-hydrogen) atoms. The maximum Gasteiger partial charge on any atom is 0.449 e. The minimum absolute atomic E-state index is 0.165. The van der Waals surface area contributed by atoms with Gasteiger partial charge in [-0.15, -0.1) is 0 Å². The monoisotopic (exact) mass is 450 g/mol. The van der Waals surface area contributed by atoms with Crippen molar-refractivity contribution in [2.24, 2.45) is 0 Å².